The molecule has 0 amide bonds. The Morgan fingerprint density at radius 2 is 2.37 bits per heavy atom. The Morgan fingerprint density at radius 1 is 1.58 bits per heavy atom. The van der Waals surface area contributed by atoms with Gasteiger partial charge in [0.15, 0.2) is 0 Å². The zero-order valence-electron chi connectivity index (χ0n) is 10.2. The van der Waals surface area contributed by atoms with Crippen molar-refractivity contribution in [2.75, 3.05) is 11.5 Å². The third-order valence-corrected chi connectivity index (χ3v) is 4.21. The molecule has 2 N–H and O–H groups in total. The molecular weight excluding hydrogens is 268 g/mol. The molecule has 1 aromatic rings. The average Bonchev–Trinajstić information content (AvgIpc) is 2.88. The minimum Gasteiger partial charge on any atom is -0.477 e. The summed E-state index contributed by atoms with van der Waals surface area (Å²) in [5.74, 6) is 0.834. The molecule has 1 saturated heterocycles. The Bertz CT molecular complexity index is 501. The minimum absolute atomic E-state index is 0.217. The summed E-state index contributed by atoms with van der Waals surface area (Å²) in [6, 6.07) is 4.71. The quantitative estimate of drug-likeness (QED) is 0.633. The first kappa shape index (κ1) is 13.8. The lowest BCUT2D eigenvalue weighted by atomic mass is 10.0. The maximum Gasteiger partial charge on any atom is 0.343 e. The van der Waals surface area contributed by atoms with Gasteiger partial charge in [-0.1, -0.05) is 12.1 Å². The molecule has 1 heterocycles. The van der Waals surface area contributed by atoms with Crippen molar-refractivity contribution in [3.05, 3.63) is 39.4 Å². The zero-order valence-corrected chi connectivity index (χ0v) is 11.0. The van der Waals surface area contributed by atoms with Gasteiger partial charge in [0.2, 0.25) is 0 Å². The van der Waals surface area contributed by atoms with Crippen LogP contribution >= 0.6 is 11.8 Å². The van der Waals surface area contributed by atoms with Crippen LogP contribution < -0.4 is 5.32 Å². The number of nitrogens with one attached hydrogen (secondary N) is 1. The Labute approximate surface area is 114 Å². The fraction of sp³-hybridized carbons (Fsp3) is 0.417. The Balaban J connectivity index is 2.20. The van der Waals surface area contributed by atoms with Gasteiger partial charge in [0.05, 0.1) is 4.92 Å². The number of carboxylic acids is 1. The van der Waals surface area contributed by atoms with Gasteiger partial charge in [0.25, 0.3) is 5.69 Å². The Hall–Kier alpha value is -1.60. The van der Waals surface area contributed by atoms with Gasteiger partial charge in [-0.25, -0.2) is 4.79 Å². The van der Waals surface area contributed by atoms with E-state index in [0.717, 1.165) is 17.9 Å². The standard InChI is InChI=1S/C12H14N2O4S/c15-12(16)11-8(2-1-3-10(11)14(17)18)6-13-9-4-5-19-7-9/h1-3,9,13H,4-7H2,(H,15,16). The van der Waals surface area contributed by atoms with Crippen molar-refractivity contribution in [3.8, 4) is 0 Å². The van der Waals surface area contributed by atoms with Gasteiger partial charge in [0.1, 0.15) is 5.56 Å². The van der Waals surface area contributed by atoms with E-state index >= 15 is 0 Å². The number of rotatable bonds is 5. The van der Waals surface area contributed by atoms with Crippen LogP contribution in [-0.4, -0.2) is 33.5 Å². The van der Waals surface area contributed by atoms with E-state index in [0.29, 0.717) is 18.2 Å². The molecule has 0 radical (unpaired) electrons. The number of benzene rings is 1. The summed E-state index contributed by atoms with van der Waals surface area (Å²) in [6.07, 6.45) is 1.04. The predicted octanol–water partition coefficient (Wildman–Crippen LogP) is 1.89. The molecule has 1 aromatic carbocycles. The lowest BCUT2D eigenvalue weighted by Gasteiger charge is -2.12. The van der Waals surface area contributed by atoms with Crippen LogP contribution in [0.5, 0.6) is 0 Å². The number of thioether (sulfide) groups is 1. The van der Waals surface area contributed by atoms with E-state index < -0.39 is 10.9 Å². The fourth-order valence-corrected chi connectivity index (χ4v) is 3.27. The largest absolute Gasteiger partial charge is 0.477 e. The van der Waals surface area contributed by atoms with Gasteiger partial charge in [-0.15, -0.1) is 0 Å². The predicted molar refractivity (Wildman–Crippen MR) is 72.6 cm³/mol. The average molecular weight is 282 g/mol. The lowest BCUT2D eigenvalue weighted by Crippen LogP contribution is -2.28. The van der Waals surface area contributed by atoms with Crippen molar-refractivity contribution < 1.29 is 14.8 Å². The first-order valence-corrected chi connectivity index (χ1v) is 7.05. The molecule has 1 fully saturated rings. The van der Waals surface area contributed by atoms with Gasteiger partial charge < -0.3 is 10.4 Å². The summed E-state index contributed by atoms with van der Waals surface area (Å²) in [6.45, 7) is 0.342. The van der Waals surface area contributed by atoms with E-state index in [2.05, 4.69) is 5.32 Å². The first-order chi connectivity index (χ1) is 9.09. The number of nitro benzene ring substituents is 1. The molecule has 102 valence electrons. The molecule has 0 aromatic heterocycles. The molecule has 1 unspecified atom stereocenters. The second kappa shape index (κ2) is 6.03. The zero-order chi connectivity index (χ0) is 13.8. The first-order valence-electron chi connectivity index (χ1n) is 5.90. The van der Waals surface area contributed by atoms with Crippen LogP contribution in [0.3, 0.4) is 0 Å². The van der Waals surface area contributed by atoms with E-state index in [9.17, 15) is 14.9 Å². The molecule has 7 heteroatoms. The number of nitrogens with zero attached hydrogens (tertiary/aromatic N) is 1. The molecule has 2 rings (SSSR count). The van der Waals surface area contributed by atoms with Crippen molar-refractivity contribution in [2.45, 2.75) is 19.0 Å². The summed E-state index contributed by atoms with van der Waals surface area (Å²) >= 11 is 1.85. The number of nitro groups is 1. The Kier molecular flexibility index (Phi) is 4.39. The summed E-state index contributed by atoms with van der Waals surface area (Å²) in [4.78, 5) is 21.4. The molecule has 0 bridgehead atoms. The van der Waals surface area contributed by atoms with Crippen LogP contribution in [0.25, 0.3) is 0 Å². The van der Waals surface area contributed by atoms with E-state index in [-0.39, 0.29) is 11.3 Å². The van der Waals surface area contributed by atoms with Gasteiger partial charge in [-0.2, -0.15) is 11.8 Å². The number of carbonyl (C=O) groups is 1. The van der Waals surface area contributed by atoms with Gasteiger partial charge in [0, 0.05) is 24.4 Å². The summed E-state index contributed by atoms with van der Waals surface area (Å²) < 4.78 is 0. The maximum atomic E-state index is 11.2. The maximum absolute atomic E-state index is 11.2. The van der Waals surface area contributed by atoms with E-state index in [1.807, 2.05) is 11.8 Å². The molecule has 6 nitrogen and oxygen atoms in total. The summed E-state index contributed by atoms with van der Waals surface area (Å²) in [7, 11) is 0. The molecule has 19 heavy (non-hydrogen) atoms. The Morgan fingerprint density at radius 3 is 2.95 bits per heavy atom. The normalized spacial score (nSPS) is 18.4. The number of carboxylic acid groups (broad SMARTS) is 1. The number of hydrogen-bond acceptors (Lipinski definition) is 5. The fourth-order valence-electron chi connectivity index (χ4n) is 2.08. The molecule has 0 aliphatic carbocycles. The second-order valence-electron chi connectivity index (χ2n) is 4.31. The third-order valence-electron chi connectivity index (χ3n) is 3.05. The van der Waals surface area contributed by atoms with E-state index in [1.54, 1.807) is 6.07 Å². The van der Waals surface area contributed by atoms with Crippen LogP contribution in [0.4, 0.5) is 5.69 Å². The van der Waals surface area contributed by atoms with Crippen molar-refractivity contribution in [1.29, 1.82) is 0 Å². The van der Waals surface area contributed by atoms with Crippen molar-refractivity contribution in [3.63, 3.8) is 0 Å². The van der Waals surface area contributed by atoms with Gasteiger partial charge in [-0.3, -0.25) is 10.1 Å². The van der Waals surface area contributed by atoms with Crippen molar-refractivity contribution in [1.82, 2.24) is 5.32 Å². The molecule has 1 aliphatic rings. The van der Waals surface area contributed by atoms with Crippen LogP contribution in [0.1, 0.15) is 22.3 Å². The smallest absolute Gasteiger partial charge is 0.343 e. The highest BCUT2D eigenvalue weighted by molar-refractivity contribution is 7.99. The van der Waals surface area contributed by atoms with Crippen molar-refractivity contribution >= 4 is 23.4 Å². The van der Waals surface area contributed by atoms with Crippen LogP contribution in [0.2, 0.25) is 0 Å². The topological polar surface area (TPSA) is 92.5 Å². The van der Waals surface area contributed by atoms with Crippen LogP contribution in [0.15, 0.2) is 18.2 Å². The highest BCUT2D eigenvalue weighted by atomic mass is 32.2. The highest BCUT2D eigenvalue weighted by Gasteiger charge is 2.24. The minimum atomic E-state index is -1.26. The van der Waals surface area contributed by atoms with E-state index in [1.165, 1.54) is 12.1 Å². The molecule has 1 aliphatic heterocycles. The molecule has 0 saturated carbocycles. The SMILES string of the molecule is O=C(O)c1c(CNC2CCSC2)cccc1[N+](=O)[O-]. The molecule has 1 atom stereocenters. The number of hydrogen-bond donors (Lipinski definition) is 2. The van der Waals surface area contributed by atoms with Crippen LogP contribution in [-0.2, 0) is 6.54 Å². The second-order valence-corrected chi connectivity index (χ2v) is 5.46. The van der Waals surface area contributed by atoms with Crippen molar-refractivity contribution in [2.24, 2.45) is 0 Å². The van der Waals surface area contributed by atoms with Gasteiger partial charge >= 0.3 is 5.97 Å². The highest BCUT2D eigenvalue weighted by Crippen LogP contribution is 2.23. The monoisotopic (exact) mass is 282 g/mol. The third kappa shape index (κ3) is 3.24. The number of aromatic carboxylic acids is 1. The summed E-state index contributed by atoms with van der Waals surface area (Å²) in [5, 5.41) is 23.3. The van der Waals surface area contributed by atoms with Crippen LogP contribution in [0, 0.1) is 10.1 Å². The lowest BCUT2D eigenvalue weighted by molar-refractivity contribution is -0.385. The van der Waals surface area contributed by atoms with E-state index in [4.69, 9.17) is 5.11 Å². The molecule has 0 spiro atoms. The molecular formula is C12H14N2O4S. The van der Waals surface area contributed by atoms with Gasteiger partial charge in [-0.05, 0) is 17.7 Å². The summed E-state index contributed by atoms with van der Waals surface area (Å²) in [5.41, 5.74) is -0.114.